The molecule has 3 nitrogen and oxygen atoms in total. The van der Waals surface area contributed by atoms with Gasteiger partial charge < -0.3 is 10.5 Å². The number of aryl methyl sites for hydroxylation is 1. The molecule has 80 valence electrons. The molecule has 0 radical (unpaired) electrons. The van der Waals surface area contributed by atoms with Gasteiger partial charge in [-0.1, -0.05) is 6.07 Å². The van der Waals surface area contributed by atoms with Gasteiger partial charge in [0.15, 0.2) is 0 Å². The van der Waals surface area contributed by atoms with Gasteiger partial charge in [-0.3, -0.25) is 4.98 Å². The van der Waals surface area contributed by atoms with E-state index in [1.807, 2.05) is 13.1 Å². The zero-order valence-corrected chi connectivity index (χ0v) is 8.94. The van der Waals surface area contributed by atoms with Gasteiger partial charge in [0.2, 0.25) is 0 Å². The second-order valence-electron chi connectivity index (χ2n) is 3.87. The number of rotatable bonds is 2. The molecular weight excluding hydrogens is 188 g/mol. The molecule has 1 aliphatic rings. The summed E-state index contributed by atoms with van der Waals surface area (Å²) in [6.07, 6.45) is 7.85. The van der Waals surface area contributed by atoms with Crippen molar-refractivity contribution in [1.29, 1.82) is 0 Å². The lowest BCUT2D eigenvalue weighted by atomic mass is 10.0. The third-order valence-corrected chi connectivity index (χ3v) is 2.52. The van der Waals surface area contributed by atoms with Crippen molar-refractivity contribution in [2.75, 3.05) is 6.61 Å². The van der Waals surface area contributed by atoms with Gasteiger partial charge in [-0.05, 0) is 37.0 Å². The van der Waals surface area contributed by atoms with E-state index in [9.17, 15) is 0 Å². The van der Waals surface area contributed by atoms with E-state index in [4.69, 9.17) is 10.5 Å². The molecule has 1 unspecified atom stereocenters. The molecule has 0 fully saturated rings. The maximum Gasteiger partial charge on any atom is 0.113 e. The van der Waals surface area contributed by atoms with Gasteiger partial charge >= 0.3 is 0 Å². The Bertz CT molecular complexity index is 374. The molecule has 2 N–H and O–H groups in total. The summed E-state index contributed by atoms with van der Waals surface area (Å²) in [6.45, 7) is 2.79. The predicted octanol–water partition coefficient (Wildman–Crippen LogP) is 2.08. The van der Waals surface area contributed by atoms with Crippen LogP contribution in [0.3, 0.4) is 0 Å². The molecule has 1 aromatic heterocycles. The van der Waals surface area contributed by atoms with Crippen LogP contribution in [0, 0.1) is 6.92 Å². The van der Waals surface area contributed by atoms with Gasteiger partial charge in [-0.25, -0.2) is 0 Å². The molecule has 1 aliphatic heterocycles. The predicted molar refractivity (Wildman–Crippen MR) is 59.2 cm³/mol. The Labute approximate surface area is 90.0 Å². The topological polar surface area (TPSA) is 48.1 Å². The van der Waals surface area contributed by atoms with Crippen LogP contribution in [0.2, 0.25) is 0 Å². The van der Waals surface area contributed by atoms with Crippen LogP contribution in [0.5, 0.6) is 0 Å². The summed E-state index contributed by atoms with van der Waals surface area (Å²) in [7, 11) is 0. The lowest BCUT2D eigenvalue weighted by Crippen LogP contribution is -2.18. The van der Waals surface area contributed by atoms with Crippen molar-refractivity contribution < 1.29 is 4.74 Å². The molecule has 0 amide bonds. The van der Waals surface area contributed by atoms with Crippen LogP contribution in [0.25, 0.3) is 0 Å². The fourth-order valence-corrected chi connectivity index (χ4v) is 1.71. The Morgan fingerprint density at radius 1 is 1.47 bits per heavy atom. The van der Waals surface area contributed by atoms with Crippen molar-refractivity contribution in [2.45, 2.75) is 25.8 Å². The normalized spacial score (nSPS) is 17.9. The highest BCUT2D eigenvalue weighted by atomic mass is 16.5. The largest absolute Gasteiger partial charge is 0.496 e. The van der Waals surface area contributed by atoms with Gasteiger partial charge in [0, 0.05) is 12.4 Å². The highest BCUT2D eigenvalue weighted by Crippen LogP contribution is 2.23. The first-order valence-electron chi connectivity index (χ1n) is 5.27. The third kappa shape index (κ3) is 2.36. The maximum absolute atomic E-state index is 6.11. The lowest BCUT2D eigenvalue weighted by Gasteiger charge is -2.20. The molecule has 0 aromatic carbocycles. The summed E-state index contributed by atoms with van der Waals surface area (Å²) in [5.74, 6) is 0.883. The second-order valence-corrected chi connectivity index (χ2v) is 3.87. The smallest absolute Gasteiger partial charge is 0.113 e. The summed E-state index contributed by atoms with van der Waals surface area (Å²) in [4.78, 5) is 4.14. The highest BCUT2D eigenvalue weighted by Gasteiger charge is 2.15. The molecule has 0 saturated carbocycles. The summed E-state index contributed by atoms with van der Waals surface area (Å²) in [5.41, 5.74) is 8.25. The molecule has 0 spiro atoms. The monoisotopic (exact) mass is 204 g/mol. The van der Waals surface area contributed by atoms with Crippen molar-refractivity contribution in [3.8, 4) is 0 Å². The number of aromatic nitrogens is 1. The number of hydrogen-bond acceptors (Lipinski definition) is 3. The number of hydrogen-bond donors (Lipinski definition) is 1. The van der Waals surface area contributed by atoms with E-state index in [0.717, 1.165) is 36.3 Å². The van der Waals surface area contributed by atoms with Gasteiger partial charge in [0.25, 0.3) is 0 Å². The maximum atomic E-state index is 6.11. The molecule has 1 aromatic rings. The summed E-state index contributed by atoms with van der Waals surface area (Å²) in [5, 5.41) is 0. The standard InChI is InChI=1S/C12H16N2O/c1-9-6-10(8-14-7-9)12(13)11-4-2-3-5-15-11/h4,6-8,12H,2-3,5,13H2,1H3. The summed E-state index contributed by atoms with van der Waals surface area (Å²) >= 11 is 0. The molecule has 0 saturated heterocycles. The number of pyridine rings is 1. The van der Waals surface area contributed by atoms with Crippen molar-refractivity contribution in [2.24, 2.45) is 5.73 Å². The average molecular weight is 204 g/mol. The van der Waals surface area contributed by atoms with E-state index >= 15 is 0 Å². The Balaban J connectivity index is 2.19. The van der Waals surface area contributed by atoms with Gasteiger partial charge in [-0.2, -0.15) is 0 Å². The number of allylic oxidation sites excluding steroid dienone is 1. The van der Waals surface area contributed by atoms with Gasteiger partial charge in [-0.15, -0.1) is 0 Å². The Morgan fingerprint density at radius 2 is 2.33 bits per heavy atom. The van der Waals surface area contributed by atoms with Gasteiger partial charge in [0.05, 0.1) is 12.6 Å². The van der Waals surface area contributed by atoms with Gasteiger partial charge in [0.1, 0.15) is 5.76 Å². The van der Waals surface area contributed by atoms with Crippen LogP contribution in [-0.2, 0) is 4.74 Å². The molecule has 15 heavy (non-hydrogen) atoms. The third-order valence-electron chi connectivity index (χ3n) is 2.52. The van der Waals surface area contributed by atoms with Crippen LogP contribution in [0.15, 0.2) is 30.3 Å². The van der Waals surface area contributed by atoms with Crippen LogP contribution >= 0.6 is 0 Å². The fraction of sp³-hybridized carbons (Fsp3) is 0.417. The molecule has 1 atom stereocenters. The van der Waals surface area contributed by atoms with Crippen LogP contribution in [-0.4, -0.2) is 11.6 Å². The molecule has 0 aliphatic carbocycles. The molecule has 2 rings (SSSR count). The summed E-state index contributed by atoms with van der Waals surface area (Å²) < 4.78 is 5.54. The minimum atomic E-state index is -0.169. The number of nitrogens with zero attached hydrogens (tertiary/aromatic N) is 1. The first kappa shape index (κ1) is 10.2. The van der Waals surface area contributed by atoms with E-state index in [0.29, 0.717) is 0 Å². The summed E-state index contributed by atoms with van der Waals surface area (Å²) in [6, 6.07) is 1.88. The highest BCUT2D eigenvalue weighted by molar-refractivity contribution is 5.26. The van der Waals surface area contributed by atoms with Crippen molar-refractivity contribution in [3.05, 3.63) is 41.4 Å². The molecule has 0 bridgehead atoms. The second kappa shape index (κ2) is 4.45. The van der Waals surface area contributed by atoms with E-state index in [1.54, 1.807) is 6.20 Å². The first-order valence-corrected chi connectivity index (χ1v) is 5.27. The molecule has 2 heterocycles. The van der Waals surface area contributed by atoms with E-state index in [-0.39, 0.29) is 6.04 Å². The number of ether oxygens (including phenoxy) is 1. The fourth-order valence-electron chi connectivity index (χ4n) is 1.71. The first-order chi connectivity index (χ1) is 7.27. The van der Waals surface area contributed by atoms with Crippen LogP contribution < -0.4 is 5.73 Å². The quantitative estimate of drug-likeness (QED) is 0.802. The average Bonchev–Trinajstić information content (AvgIpc) is 2.29. The molecule has 3 heteroatoms. The van der Waals surface area contributed by atoms with Crippen LogP contribution in [0.4, 0.5) is 0 Å². The van der Waals surface area contributed by atoms with Crippen molar-refractivity contribution in [1.82, 2.24) is 4.98 Å². The Morgan fingerprint density at radius 3 is 3.00 bits per heavy atom. The zero-order chi connectivity index (χ0) is 10.7. The van der Waals surface area contributed by atoms with Crippen molar-refractivity contribution in [3.63, 3.8) is 0 Å². The van der Waals surface area contributed by atoms with Crippen LogP contribution in [0.1, 0.15) is 30.0 Å². The van der Waals surface area contributed by atoms with E-state index in [2.05, 4.69) is 17.1 Å². The number of nitrogens with two attached hydrogens (primary N) is 1. The Hall–Kier alpha value is -1.35. The zero-order valence-electron chi connectivity index (χ0n) is 8.94. The Kier molecular flexibility index (Phi) is 3.02. The minimum Gasteiger partial charge on any atom is -0.496 e. The molecular formula is C12H16N2O. The minimum absolute atomic E-state index is 0.169. The lowest BCUT2D eigenvalue weighted by molar-refractivity contribution is 0.176. The van der Waals surface area contributed by atoms with Crippen molar-refractivity contribution >= 4 is 0 Å². The van der Waals surface area contributed by atoms with E-state index in [1.165, 1.54) is 0 Å². The SMILES string of the molecule is Cc1cncc(C(N)C2=CCCCO2)c1. The van der Waals surface area contributed by atoms with E-state index < -0.39 is 0 Å².